The zero-order chi connectivity index (χ0) is 9.54. The molecule has 0 aliphatic carbocycles. The van der Waals surface area contributed by atoms with Crippen LogP contribution in [0.2, 0.25) is 0 Å². The summed E-state index contributed by atoms with van der Waals surface area (Å²) in [6.07, 6.45) is 3.20. The first-order chi connectivity index (χ1) is 6.84. The summed E-state index contributed by atoms with van der Waals surface area (Å²) < 4.78 is 0. The van der Waals surface area contributed by atoms with Crippen molar-refractivity contribution in [3.63, 3.8) is 0 Å². The van der Waals surface area contributed by atoms with E-state index in [0.29, 0.717) is 5.82 Å². The summed E-state index contributed by atoms with van der Waals surface area (Å²) in [4.78, 5) is 22.3. The fraction of sp³-hybridized carbons (Fsp3) is 0.125. The van der Waals surface area contributed by atoms with E-state index in [1.165, 1.54) is 6.33 Å². The molecule has 0 saturated heterocycles. The second-order valence-corrected chi connectivity index (χ2v) is 3.05. The molecule has 1 aliphatic heterocycles. The van der Waals surface area contributed by atoms with Gasteiger partial charge in [0.25, 0.3) is 0 Å². The van der Waals surface area contributed by atoms with Gasteiger partial charge < -0.3 is 15.6 Å². The second kappa shape index (κ2) is 2.44. The summed E-state index contributed by atoms with van der Waals surface area (Å²) >= 11 is 0. The molecule has 70 valence electrons. The van der Waals surface area contributed by atoms with E-state index in [1.807, 2.05) is 0 Å². The molecular weight excluding hydrogens is 182 g/mol. The Balaban J connectivity index is 2.36. The Morgan fingerprint density at radius 2 is 2.29 bits per heavy atom. The van der Waals surface area contributed by atoms with Gasteiger partial charge in [-0.25, -0.2) is 9.97 Å². The first-order valence-corrected chi connectivity index (χ1v) is 4.20. The zero-order valence-electron chi connectivity index (χ0n) is 7.16. The van der Waals surface area contributed by atoms with Gasteiger partial charge in [0.15, 0.2) is 0 Å². The Morgan fingerprint density at radius 3 is 3.21 bits per heavy atom. The number of H-pyrrole nitrogens is 1. The van der Waals surface area contributed by atoms with Crippen molar-refractivity contribution in [3.05, 3.63) is 12.5 Å². The number of amides is 1. The van der Waals surface area contributed by atoms with E-state index in [2.05, 4.69) is 25.6 Å². The Labute approximate surface area is 78.7 Å². The quantitative estimate of drug-likeness (QED) is 0.557. The van der Waals surface area contributed by atoms with Crippen LogP contribution in [0.15, 0.2) is 12.5 Å². The molecule has 0 spiro atoms. The fourth-order valence-electron chi connectivity index (χ4n) is 1.55. The molecule has 2 aromatic heterocycles. The molecule has 0 radical (unpaired) electrons. The van der Waals surface area contributed by atoms with Crippen molar-refractivity contribution < 1.29 is 4.79 Å². The SMILES string of the molecule is O=C1CNc2c[nH]c3ncnc(c23)N1. The van der Waals surface area contributed by atoms with Gasteiger partial charge in [0.2, 0.25) is 5.91 Å². The summed E-state index contributed by atoms with van der Waals surface area (Å²) in [5, 5.41) is 6.53. The maximum Gasteiger partial charge on any atom is 0.244 e. The molecule has 6 heteroatoms. The lowest BCUT2D eigenvalue weighted by molar-refractivity contribution is -0.114. The number of nitrogens with zero attached hydrogens (tertiary/aromatic N) is 2. The van der Waals surface area contributed by atoms with E-state index in [-0.39, 0.29) is 12.5 Å². The van der Waals surface area contributed by atoms with Crippen LogP contribution in [-0.4, -0.2) is 27.4 Å². The predicted molar refractivity (Wildman–Crippen MR) is 51.0 cm³/mol. The van der Waals surface area contributed by atoms with Crippen molar-refractivity contribution in [2.45, 2.75) is 0 Å². The molecule has 1 amide bonds. The molecule has 0 saturated carbocycles. The average Bonchev–Trinajstić information content (AvgIpc) is 2.51. The molecule has 2 aromatic rings. The van der Waals surface area contributed by atoms with Crippen LogP contribution in [0.3, 0.4) is 0 Å². The topological polar surface area (TPSA) is 82.7 Å². The molecule has 0 bridgehead atoms. The molecule has 3 N–H and O–H groups in total. The largest absolute Gasteiger partial charge is 0.374 e. The molecular formula is C8H7N5O. The van der Waals surface area contributed by atoms with Crippen molar-refractivity contribution in [1.82, 2.24) is 15.0 Å². The molecule has 6 nitrogen and oxygen atoms in total. The number of carbonyl (C=O) groups excluding carboxylic acids is 1. The first-order valence-electron chi connectivity index (χ1n) is 4.20. The van der Waals surface area contributed by atoms with Crippen LogP contribution in [0.4, 0.5) is 11.5 Å². The number of hydrogen-bond acceptors (Lipinski definition) is 4. The third-order valence-electron chi connectivity index (χ3n) is 2.17. The highest BCUT2D eigenvalue weighted by Gasteiger charge is 2.16. The molecule has 3 heterocycles. The van der Waals surface area contributed by atoms with Crippen molar-refractivity contribution >= 4 is 28.4 Å². The van der Waals surface area contributed by atoms with Gasteiger partial charge in [-0.1, -0.05) is 0 Å². The van der Waals surface area contributed by atoms with E-state index in [4.69, 9.17) is 0 Å². The van der Waals surface area contributed by atoms with E-state index in [1.54, 1.807) is 6.20 Å². The number of hydrogen-bond donors (Lipinski definition) is 3. The Morgan fingerprint density at radius 1 is 1.36 bits per heavy atom. The van der Waals surface area contributed by atoms with Crippen molar-refractivity contribution in [1.29, 1.82) is 0 Å². The normalized spacial score (nSPS) is 14.7. The van der Waals surface area contributed by atoms with Crippen LogP contribution in [0.1, 0.15) is 0 Å². The lowest BCUT2D eigenvalue weighted by atomic mass is 10.3. The van der Waals surface area contributed by atoms with Crippen LogP contribution >= 0.6 is 0 Å². The molecule has 1 aliphatic rings. The number of carbonyl (C=O) groups is 1. The van der Waals surface area contributed by atoms with Gasteiger partial charge in [-0.3, -0.25) is 4.79 Å². The molecule has 3 rings (SSSR count). The van der Waals surface area contributed by atoms with Gasteiger partial charge in [0, 0.05) is 6.20 Å². The number of rotatable bonds is 0. The van der Waals surface area contributed by atoms with Crippen molar-refractivity contribution in [2.24, 2.45) is 0 Å². The Hall–Kier alpha value is -2.11. The molecule has 14 heavy (non-hydrogen) atoms. The summed E-state index contributed by atoms with van der Waals surface area (Å²) in [6.45, 7) is 0.253. The van der Waals surface area contributed by atoms with Crippen LogP contribution in [0.5, 0.6) is 0 Å². The number of anilines is 2. The van der Waals surface area contributed by atoms with Crippen molar-refractivity contribution in [2.75, 3.05) is 17.2 Å². The highest BCUT2D eigenvalue weighted by molar-refractivity contribution is 6.08. The Bertz CT molecular complexity index is 517. The minimum atomic E-state index is -0.0961. The predicted octanol–water partition coefficient (Wildman–Crippen LogP) is 0.322. The smallest absolute Gasteiger partial charge is 0.244 e. The van der Waals surface area contributed by atoms with Gasteiger partial charge >= 0.3 is 0 Å². The molecule has 0 unspecified atom stereocenters. The number of nitrogens with one attached hydrogen (secondary N) is 3. The lowest BCUT2D eigenvalue weighted by Gasteiger charge is -1.99. The lowest BCUT2D eigenvalue weighted by Crippen LogP contribution is -2.19. The van der Waals surface area contributed by atoms with Gasteiger partial charge in [-0.2, -0.15) is 0 Å². The van der Waals surface area contributed by atoms with Crippen LogP contribution in [-0.2, 0) is 4.79 Å². The minimum Gasteiger partial charge on any atom is -0.374 e. The highest BCUT2D eigenvalue weighted by Crippen LogP contribution is 2.28. The van der Waals surface area contributed by atoms with E-state index < -0.39 is 0 Å². The van der Waals surface area contributed by atoms with Gasteiger partial charge in [-0.05, 0) is 0 Å². The molecule has 0 aromatic carbocycles. The summed E-state index contributed by atoms with van der Waals surface area (Å²) in [7, 11) is 0. The van der Waals surface area contributed by atoms with E-state index in [9.17, 15) is 4.79 Å². The zero-order valence-corrected chi connectivity index (χ0v) is 7.16. The Kier molecular flexibility index (Phi) is 1.27. The summed E-state index contributed by atoms with van der Waals surface area (Å²) in [5.41, 5.74) is 1.58. The highest BCUT2D eigenvalue weighted by atomic mass is 16.2. The summed E-state index contributed by atoms with van der Waals surface area (Å²) in [6, 6.07) is 0. The number of aromatic nitrogens is 3. The standard InChI is InChI=1S/C8H7N5O/c14-5-2-9-4-1-10-7-6(4)8(13-5)12-3-11-7/h1,3,9H,2H2,(H2,10,11,12,13,14). The molecule has 0 fully saturated rings. The number of aromatic amines is 1. The maximum absolute atomic E-state index is 11.2. The maximum atomic E-state index is 11.2. The van der Waals surface area contributed by atoms with Crippen LogP contribution in [0, 0.1) is 0 Å². The van der Waals surface area contributed by atoms with Crippen molar-refractivity contribution in [3.8, 4) is 0 Å². The monoisotopic (exact) mass is 189 g/mol. The van der Waals surface area contributed by atoms with Gasteiger partial charge in [-0.15, -0.1) is 0 Å². The first kappa shape index (κ1) is 7.31. The van der Waals surface area contributed by atoms with Crippen LogP contribution in [0.25, 0.3) is 11.0 Å². The third kappa shape index (κ3) is 0.875. The fourth-order valence-corrected chi connectivity index (χ4v) is 1.55. The molecule has 0 atom stereocenters. The van der Waals surface area contributed by atoms with E-state index >= 15 is 0 Å². The van der Waals surface area contributed by atoms with Crippen LogP contribution < -0.4 is 10.6 Å². The summed E-state index contributed by atoms with van der Waals surface area (Å²) in [5.74, 6) is 0.461. The average molecular weight is 189 g/mol. The second-order valence-electron chi connectivity index (χ2n) is 3.05. The van der Waals surface area contributed by atoms with Gasteiger partial charge in [0.1, 0.15) is 17.8 Å². The van der Waals surface area contributed by atoms with E-state index in [0.717, 1.165) is 16.7 Å². The van der Waals surface area contributed by atoms with Gasteiger partial charge in [0.05, 0.1) is 17.6 Å². The third-order valence-corrected chi connectivity index (χ3v) is 2.17. The minimum absolute atomic E-state index is 0.0961.